The van der Waals surface area contributed by atoms with Gasteiger partial charge in [-0.25, -0.2) is 0 Å². The van der Waals surface area contributed by atoms with E-state index in [0.717, 1.165) is 38.8 Å². The number of aliphatic hydroxyl groups is 2. The molecule has 0 aromatic heterocycles. The van der Waals surface area contributed by atoms with Crippen molar-refractivity contribution in [1.82, 2.24) is 10.6 Å². The Balaban J connectivity index is 2.76. The molecule has 5 nitrogen and oxygen atoms in total. The molecule has 1 fully saturated rings. The number of carbonyl (C=O) groups excluding carboxylic acids is 1. The van der Waals surface area contributed by atoms with Crippen LogP contribution in [0.25, 0.3) is 0 Å². The Morgan fingerprint density at radius 3 is 2.33 bits per heavy atom. The molecule has 1 amide bonds. The number of amides is 1. The molecule has 0 atom stereocenters. The van der Waals surface area contributed by atoms with Crippen molar-refractivity contribution in [3.8, 4) is 0 Å². The number of hydrogen-bond acceptors (Lipinski definition) is 4. The van der Waals surface area contributed by atoms with Crippen LogP contribution >= 0.6 is 0 Å². The molecule has 1 saturated heterocycles. The summed E-state index contributed by atoms with van der Waals surface area (Å²) in [6, 6.07) is 0. The van der Waals surface area contributed by atoms with Gasteiger partial charge in [-0.1, -0.05) is 13.3 Å². The Hall–Kier alpha value is -0.650. The topological polar surface area (TPSA) is 81.6 Å². The molecular formula is C13H26N2O3. The Morgan fingerprint density at radius 2 is 1.89 bits per heavy atom. The second-order valence-corrected chi connectivity index (χ2v) is 5.61. The third-order valence-electron chi connectivity index (χ3n) is 3.88. The maximum Gasteiger partial charge on any atom is 0.226 e. The van der Waals surface area contributed by atoms with Crippen molar-refractivity contribution in [3.05, 3.63) is 0 Å². The van der Waals surface area contributed by atoms with Gasteiger partial charge in [-0.3, -0.25) is 4.79 Å². The third-order valence-corrected chi connectivity index (χ3v) is 3.88. The van der Waals surface area contributed by atoms with E-state index < -0.39 is 5.54 Å². The minimum absolute atomic E-state index is 0.0311. The van der Waals surface area contributed by atoms with Crippen molar-refractivity contribution in [1.29, 1.82) is 0 Å². The van der Waals surface area contributed by atoms with Crippen LogP contribution in [0.15, 0.2) is 0 Å². The van der Waals surface area contributed by atoms with E-state index in [0.29, 0.717) is 0 Å². The quantitative estimate of drug-likeness (QED) is 0.541. The average molecular weight is 258 g/mol. The predicted molar refractivity (Wildman–Crippen MR) is 70.2 cm³/mol. The van der Waals surface area contributed by atoms with Crippen molar-refractivity contribution < 1.29 is 15.0 Å². The lowest BCUT2D eigenvalue weighted by atomic mass is 9.74. The molecule has 1 heterocycles. The van der Waals surface area contributed by atoms with Crippen LogP contribution in [-0.4, -0.2) is 48.0 Å². The first-order valence-corrected chi connectivity index (χ1v) is 6.77. The van der Waals surface area contributed by atoms with E-state index >= 15 is 0 Å². The highest BCUT2D eigenvalue weighted by molar-refractivity contribution is 5.83. The van der Waals surface area contributed by atoms with Crippen molar-refractivity contribution in [3.63, 3.8) is 0 Å². The molecule has 0 spiro atoms. The van der Waals surface area contributed by atoms with Crippen LogP contribution in [0, 0.1) is 5.41 Å². The van der Waals surface area contributed by atoms with Gasteiger partial charge in [-0.15, -0.1) is 0 Å². The van der Waals surface area contributed by atoms with Gasteiger partial charge in [0.1, 0.15) is 0 Å². The monoisotopic (exact) mass is 258 g/mol. The number of piperidine rings is 1. The lowest BCUT2D eigenvalue weighted by molar-refractivity contribution is -0.136. The molecular weight excluding hydrogens is 232 g/mol. The fourth-order valence-corrected chi connectivity index (χ4v) is 2.51. The summed E-state index contributed by atoms with van der Waals surface area (Å²) in [6.07, 6.45) is 3.45. The number of carbonyl (C=O) groups is 1. The van der Waals surface area contributed by atoms with E-state index in [1.165, 1.54) is 0 Å². The van der Waals surface area contributed by atoms with Gasteiger partial charge < -0.3 is 20.8 Å². The van der Waals surface area contributed by atoms with Gasteiger partial charge in [-0.2, -0.15) is 0 Å². The number of nitrogens with one attached hydrogen (secondary N) is 2. The van der Waals surface area contributed by atoms with Crippen LogP contribution in [-0.2, 0) is 4.79 Å². The molecule has 1 aliphatic rings. The number of rotatable bonds is 6. The summed E-state index contributed by atoms with van der Waals surface area (Å²) in [5.41, 5.74) is -1.27. The van der Waals surface area contributed by atoms with E-state index in [1.807, 2.05) is 0 Å². The van der Waals surface area contributed by atoms with Gasteiger partial charge in [0.25, 0.3) is 0 Å². The highest BCUT2D eigenvalue weighted by Gasteiger charge is 2.41. The minimum atomic E-state index is -0.928. The molecule has 0 aromatic carbocycles. The molecule has 0 unspecified atom stereocenters. The fraction of sp³-hybridized carbons (Fsp3) is 0.923. The first kappa shape index (κ1) is 15.4. The number of aliphatic hydroxyl groups excluding tert-OH is 2. The Morgan fingerprint density at radius 1 is 1.33 bits per heavy atom. The summed E-state index contributed by atoms with van der Waals surface area (Å²) >= 11 is 0. The maximum atomic E-state index is 12.5. The summed E-state index contributed by atoms with van der Waals surface area (Å²) in [6.45, 7) is 4.93. The highest BCUT2D eigenvalue weighted by Crippen LogP contribution is 2.34. The second-order valence-electron chi connectivity index (χ2n) is 5.61. The lowest BCUT2D eigenvalue weighted by Gasteiger charge is -2.39. The smallest absolute Gasteiger partial charge is 0.226 e. The SMILES string of the molecule is CCCC1(C(=O)NC(C)(CO)CO)CCNCC1. The zero-order valence-corrected chi connectivity index (χ0v) is 11.5. The molecule has 0 bridgehead atoms. The van der Waals surface area contributed by atoms with Crippen molar-refractivity contribution in [2.45, 2.75) is 45.1 Å². The maximum absolute atomic E-state index is 12.5. The third kappa shape index (κ3) is 3.43. The summed E-state index contributed by atoms with van der Waals surface area (Å²) in [5, 5.41) is 24.6. The largest absolute Gasteiger partial charge is 0.394 e. The zero-order chi connectivity index (χ0) is 13.6. The molecule has 0 saturated carbocycles. The molecule has 1 rings (SSSR count). The van der Waals surface area contributed by atoms with Crippen LogP contribution in [0.3, 0.4) is 0 Å². The van der Waals surface area contributed by atoms with Gasteiger partial charge in [-0.05, 0) is 39.3 Å². The van der Waals surface area contributed by atoms with Crippen LogP contribution in [0.2, 0.25) is 0 Å². The van der Waals surface area contributed by atoms with Gasteiger partial charge >= 0.3 is 0 Å². The van der Waals surface area contributed by atoms with Crippen LogP contribution in [0.4, 0.5) is 0 Å². The van der Waals surface area contributed by atoms with E-state index in [-0.39, 0.29) is 24.5 Å². The lowest BCUT2D eigenvalue weighted by Crippen LogP contribution is -2.57. The van der Waals surface area contributed by atoms with Crippen molar-refractivity contribution in [2.24, 2.45) is 5.41 Å². The van der Waals surface area contributed by atoms with Crippen LogP contribution in [0.5, 0.6) is 0 Å². The fourth-order valence-electron chi connectivity index (χ4n) is 2.51. The molecule has 0 aromatic rings. The van der Waals surface area contributed by atoms with E-state index in [1.54, 1.807) is 6.92 Å². The summed E-state index contributed by atoms with van der Waals surface area (Å²) in [4.78, 5) is 12.5. The van der Waals surface area contributed by atoms with Gasteiger partial charge in [0, 0.05) is 0 Å². The van der Waals surface area contributed by atoms with E-state index in [4.69, 9.17) is 0 Å². The van der Waals surface area contributed by atoms with Gasteiger partial charge in [0.05, 0.1) is 24.2 Å². The summed E-state index contributed by atoms with van der Waals surface area (Å²) in [7, 11) is 0. The molecule has 0 radical (unpaired) electrons. The van der Waals surface area contributed by atoms with Gasteiger partial charge in [0.15, 0.2) is 0 Å². The molecule has 1 aliphatic heterocycles. The molecule has 5 heteroatoms. The summed E-state index contributed by atoms with van der Waals surface area (Å²) in [5.74, 6) is -0.0311. The molecule has 18 heavy (non-hydrogen) atoms. The standard InChI is InChI=1S/C13H26N2O3/c1-3-4-13(5-7-14-8-6-13)11(18)15-12(2,9-16)10-17/h14,16-17H,3-10H2,1-2H3,(H,15,18). The van der Waals surface area contributed by atoms with E-state index in [9.17, 15) is 15.0 Å². The Labute approximate surface area is 109 Å². The normalized spacial score (nSPS) is 19.6. The minimum Gasteiger partial charge on any atom is -0.394 e. The average Bonchev–Trinajstić information content (AvgIpc) is 2.40. The van der Waals surface area contributed by atoms with Gasteiger partial charge in [0.2, 0.25) is 5.91 Å². The molecule has 0 aliphatic carbocycles. The molecule has 4 N–H and O–H groups in total. The van der Waals surface area contributed by atoms with E-state index in [2.05, 4.69) is 17.6 Å². The predicted octanol–water partition coefficient (Wildman–Crippen LogP) is 0.0158. The second kappa shape index (κ2) is 6.50. The zero-order valence-electron chi connectivity index (χ0n) is 11.5. The van der Waals surface area contributed by atoms with Crippen molar-refractivity contribution >= 4 is 5.91 Å². The van der Waals surface area contributed by atoms with Crippen LogP contribution < -0.4 is 10.6 Å². The first-order chi connectivity index (χ1) is 8.52. The van der Waals surface area contributed by atoms with Crippen LogP contribution in [0.1, 0.15) is 39.5 Å². The highest BCUT2D eigenvalue weighted by atomic mass is 16.3. The number of hydrogen-bond donors (Lipinski definition) is 4. The molecule has 106 valence electrons. The van der Waals surface area contributed by atoms with Crippen molar-refractivity contribution in [2.75, 3.05) is 26.3 Å². The Bertz CT molecular complexity index is 266. The summed E-state index contributed by atoms with van der Waals surface area (Å²) < 4.78 is 0. The Kier molecular flexibility index (Phi) is 5.56. The first-order valence-electron chi connectivity index (χ1n) is 6.77.